The smallest absolute Gasteiger partial charge is 0.124 e. The molecule has 1 aromatic heterocycles. The first kappa shape index (κ1) is 10.4. The summed E-state index contributed by atoms with van der Waals surface area (Å²) in [6, 6.07) is 3.97. The van der Waals surface area contributed by atoms with Gasteiger partial charge in [-0.2, -0.15) is 0 Å². The number of rotatable bonds is 2. The van der Waals surface area contributed by atoms with Crippen molar-refractivity contribution in [1.29, 1.82) is 0 Å². The van der Waals surface area contributed by atoms with Crippen molar-refractivity contribution in [2.75, 3.05) is 18.0 Å². The van der Waals surface area contributed by atoms with Crippen LogP contribution in [0.2, 0.25) is 0 Å². The third-order valence-corrected chi connectivity index (χ3v) is 2.98. The third-order valence-electron chi connectivity index (χ3n) is 2.78. The van der Waals surface area contributed by atoms with Gasteiger partial charge >= 0.3 is 0 Å². The molecule has 0 spiro atoms. The first-order valence-electron chi connectivity index (χ1n) is 5.18. The van der Waals surface area contributed by atoms with E-state index in [0.717, 1.165) is 30.4 Å². The van der Waals surface area contributed by atoms with Crippen molar-refractivity contribution in [2.45, 2.75) is 13.3 Å². The highest BCUT2D eigenvalue weighted by atomic mass is 32.1. The first-order valence-corrected chi connectivity index (χ1v) is 5.59. The Balaban J connectivity index is 2.31. The molecule has 0 radical (unpaired) electrons. The van der Waals surface area contributed by atoms with E-state index in [1.807, 2.05) is 12.1 Å². The topological polar surface area (TPSA) is 42.2 Å². The molecule has 0 amide bonds. The van der Waals surface area contributed by atoms with Crippen LogP contribution < -0.4 is 10.6 Å². The summed E-state index contributed by atoms with van der Waals surface area (Å²) in [5.41, 5.74) is 7.49. The lowest BCUT2D eigenvalue weighted by atomic mass is 10.2. The van der Waals surface area contributed by atoms with Gasteiger partial charge in [-0.25, -0.2) is 0 Å². The molecule has 1 aliphatic rings. The van der Waals surface area contributed by atoms with Crippen molar-refractivity contribution in [3.05, 3.63) is 24.0 Å². The Kier molecular flexibility index (Phi) is 2.86. The van der Waals surface area contributed by atoms with Crippen molar-refractivity contribution in [1.82, 2.24) is 4.98 Å². The van der Waals surface area contributed by atoms with Gasteiger partial charge in [0.15, 0.2) is 0 Å². The van der Waals surface area contributed by atoms with Crippen molar-refractivity contribution >= 4 is 22.9 Å². The third kappa shape index (κ3) is 2.09. The average molecular weight is 221 g/mol. The number of hydrogen-bond acceptors (Lipinski definition) is 3. The second-order valence-corrected chi connectivity index (χ2v) is 4.52. The fraction of sp³-hybridized carbons (Fsp3) is 0.455. The Morgan fingerprint density at radius 1 is 1.67 bits per heavy atom. The van der Waals surface area contributed by atoms with E-state index in [2.05, 4.69) is 16.8 Å². The Hall–Kier alpha value is -1.16. The van der Waals surface area contributed by atoms with Gasteiger partial charge in [0.25, 0.3) is 0 Å². The van der Waals surface area contributed by atoms with Crippen LogP contribution in [0.4, 0.5) is 5.69 Å². The van der Waals surface area contributed by atoms with Crippen LogP contribution in [0, 0.1) is 5.92 Å². The largest absolute Gasteiger partial charge is 0.388 e. The van der Waals surface area contributed by atoms with Crippen molar-refractivity contribution in [3.63, 3.8) is 0 Å². The highest BCUT2D eigenvalue weighted by Crippen LogP contribution is 2.25. The van der Waals surface area contributed by atoms with E-state index in [4.69, 9.17) is 18.0 Å². The molecule has 2 heterocycles. The molecule has 1 atom stereocenters. The molecule has 15 heavy (non-hydrogen) atoms. The predicted octanol–water partition coefficient (Wildman–Crippen LogP) is 1.56. The van der Waals surface area contributed by atoms with E-state index >= 15 is 0 Å². The van der Waals surface area contributed by atoms with Gasteiger partial charge in [0.05, 0.1) is 5.69 Å². The fourth-order valence-corrected chi connectivity index (χ4v) is 2.15. The maximum Gasteiger partial charge on any atom is 0.124 e. The van der Waals surface area contributed by atoms with E-state index in [0.29, 0.717) is 4.99 Å². The van der Waals surface area contributed by atoms with Gasteiger partial charge in [-0.15, -0.1) is 0 Å². The van der Waals surface area contributed by atoms with Crippen molar-refractivity contribution < 1.29 is 0 Å². The van der Waals surface area contributed by atoms with Crippen LogP contribution in [0.15, 0.2) is 18.3 Å². The molecule has 80 valence electrons. The van der Waals surface area contributed by atoms with Crippen LogP contribution in [0.1, 0.15) is 19.0 Å². The standard InChI is InChI=1S/C11H15N3S/c1-8-4-6-14(7-8)9-3-2-5-13-10(9)11(12)15/h2-3,5,8H,4,6-7H2,1H3,(H2,12,15). The monoisotopic (exact) mass is 221 g/mol. The molecule has 0 aliphatic carbocycles. The van der Waals surface area contributed by atoms with Crippen LogP contribution >= 0.6 is 12.2 Å². The minimum atomic E-state index is 0.380. The molecule has 1 saturated heterocycles. The second-order valence-electron chi connectivity index (χ2n) is 4.08. The van der Waals surface area contributed by atoms with Gasteiger partial charge < -0.3 is 10.6 Å². The van der Waals surface area contributed by atoms with Gasteiger partial charge in [0.1, 0.15) is 10.7 Å². The van der Waals surface area contributed by atoms with E-state index < -0.39 is 0 Å². The number of thiocarbonyl (C=S) groups is 1. The molecule has 1 fully saturated rings. The Bertz CT molecular complexity index is 378. The molecule has 2 N–H and O–H groups in total. The van der Waals surface area contributed by atoms with Crippen LogP contribution in [0.3, 0.4) is 0 Å². The quantitative estimate of drug-likeness (QED) is 0.770. The summed E-state index contributed by atoms with van der Waals surface area (Å²) < 4.78 is 0. The summed E-state index contributed by atoms with van der Waals surface area (Å²) in [5.74, 6) is 0.740. The number of hydrogen-bond donors (Lipinski definition) is 1. The highest BCUT2D eigenvalue weighted by molar-refractivity contribution is 7.80. The predicted molar refractivity (Wildman–Crippen MR) is 66.1 cm³/mol. The molecule has 0 bridgehead atoms. The van der Waals surface area contributed by atoms with Gasteiger partial charge in [-0.1, -0.05) is 19.1 Å². The molecule has 4 heteroatoms. The Morgan fingerprint density at radius 2 is 2.47 bits per heavy atom. The summed E-state index contributed by atoms with van der Waals surface area (Å²) in [4.78, 5) is 6.93. The highest BCUT2D eigenvalue weighted by Gasteiger charge is 2.21. The zero-order valence-corrected chi connectivity index (χ0v) is 9.63. The lowest BCUT2D eigenvalue weighted by Gasteiger charge is -2.20. The van der Waals surface area contributed by atoms with E-state index in [9.17, 15) is 0 Å². The molecule has 1 aliphatic heterocycles. The lowest BCUT2D eigenvalue weighted by Crippen LogP contribution is -2.24. The van der Waals surface area contributed by atoms with Crippen molar-refractivity contribution in [2.24, 2.45) is 11.7 Å². The first-order chi connectivity index (χ1) is 7.18. The van der Waals surface area contributed by atoms with Gasteiger partial charge in [0, 0.05) is 19.3 Å². The zero-order chi connectivity index (χ0) is 10.8. The fourth-order valence-electron chi connectivity index (χ4n) is 2.00. The van der Waals surface area contributed by atoms with Crippen LogP contribution in [-0.2, 0) is 0 Å². The SMILES string of the molecule is CC1CCN(c2cccnc2C(N)=S)C1. The minimum Gasteiger partial charge on any atom is -0.388 e. The summed E-state index contributed by atoms with van der Waals surface area (Å²) in [6.45, 7) is 4.40. The average Bonchev–Trinajstić information content (AvgIpc) is 2.65. The molecule has 1 aromatic rings. The Morgan fingerprint density at radius 3 is 3.07 bits per heavy atom. The van der Waals surface area contributed by atoms with Gasteiger partial charge in [0.2, 0.25) is 0 Å². The summed E-state index contributed by atoms with van der Waals surface area (Å²) in [7, 11) is 0. The molecular formula is C11H15N3S. The van der Waals surface area contributed by atoms with Crippen molar-refractivity contribution in [3.8, 4) is 0 Å². The van der Waals surface area contributed by atoms with E-state index in [-0.39, 0.29) is 0 Å². The maximum atomic E-state index is 5.66. The number of nitrogens with zero attached hydrogens (tertiary/aromatic N) is 2. The van der Waals surface area contributed by atoms with E-state index in [1.54, 1.807) is 6.20 Å². The van der Waals surface area contributed by atoms with Gasteiger partial charge in [-0.05, 0) is 24.5 Å². The van der Waals surface area contributed by atoms with Crippen LogP contribution in [0.25, 0.3) is 0 Å². The molecule has 3 nitrogen and oxygen atoms in total. The normalized spacial score (nSPS) is 20.6. The molecule has 2 rings (SSSR count). The summed E-state index contributed by atoms with van der Waals surface area (Å²) in [6.07, 6.45) is 2.96. The van der Waals surface area contributed by atoms with Gasteiger partial charge in [-0.3, -0.25) is 4.98 Å². The molecular weight excluding hydrogens is 206 g/mol. The molecule has 1 unspecified atom stereocenters. The van der Waals surface area contributed by atoms with Crippen LogP contribution in [0.5, 0.6) is 0 Å². The molecule has 0 saturated carbocycles. The zero-order valence-electron chi connectivity index (χ0n) is 8.81. The maximum absolute atomic E-state index is 5.66. The number of nitrogens with two attached hydrogens (primary N) is 1. The number of anilines is 1. The number of aromatic nitrogens is 1. The lowest BCUT2D eigenvalue weighted by molar-refractivity contribution is 0.659. The van der Waals surface area contributed by atoms with E-state index in [1.165, 1.54) is 6.42 Å². The number of pyridine rings is 1. The summed E-state index contributed by atoms with van der Waals surface area (Å²) in [5, 5.41) is 0. The van der Waals surface area contributed by atoms with Crippen LogP contribution in [-0.4, -0.2) is 23.1 Å². The Labute approximate surface area is 95.3 Å². The molecule has 0 aromatic carbocycles. The second kappa shape index (κ2) is 4.14. The minimum absolute atomic E-state index is 0.380. The summed E-state index contributed by atoms with van der Waals surface area (Å²) >= 11 is 5.00.